The molecule has 0 fully saturated rings. The van der Waals surface area contributed by atoms with Crippen molar-refractivity contribution in [2.45, 2.75) is 18.4 Å². The van der Waals surface area contributed by atoms with Crippen LogP contribution in [0, 0.1) is 0 Å². The molecule has 0 aliphatic heterocycles. The van der Waals surface area contributed by atoms with Crippen molar-refractivity contribution in [1.82, 2.24) is 9.71 Å². The molecule has 0 saturated heterocycles. The fraction of sp³-hybridized carbons (Fsp3) is 0.167. The van der Waals surface area contributed by atoms with E-state index in [4.69, 9.17) is 4.74 Å². The molecule has 0 aliphatic carbocycles. The average molecular weight is 342 g/mol. The number of hydrogen-bond acceptors (Lipinski definition) is 4. The lowest BCUT2D eigenvalue weighted by molar-refractivity contribution is 0.343. The summed E-state index contributed by atoms with van der Waals surface area (Å²) in [5.41, 5.74) is 1.44. The van der Waals surface area contributed by atoms with Gasteiger partial charge in [0.05, 0.1) is 11.5 Å². The van der Waals surface area contributed by atoms with Crippen molar-refractivity contribution in [1.29, 1.82) is 0 Å². The molecule has 0 amide bonds. The number of sulfonamides is 1. The molecular formula is C18H18N2O3S. The minimum absolute atomic E-state index is 0.199. The third-order valence-electron chi connectivity index (χ3n) is 3.59. The van der Waals surface area contributed by atoms with Crippen LogP contribution in [0.1, 0.15) is 12.5 Å². The molecule has 1 heterocycles. The molecule has 0 aliphatic rings. The van der Waals surface area contributed by atoms with Gasteiger partial charge in [0.15, 0.2) is 0 Å². The first-order valence-corrected chi connectivity index (χ1v) is 9.14. The normalized spacial score (nSPS) is 11.5. The Bertz CT molecular complexity index is 941. The number of nitrogens with one attached hydrogen (secondary N) is 1. The molecule has 24 heavy (non-hydrogen) atoms. The lowest BCUT2D eigenvalue weighted by Gasteiger charge is -2.12. The van der Waals surface area contributed by atoms with Gasteiger partial charge in [-0.3, -0.25) is 4.98 Å². The van der Waals surface area contributed by atoms with Crippen LogP contribution in [0.5, 0.6) is 5.75 Å². The Morgan fingerprint density at radius 1 is 1.04 bits per heavy atom. The van der Waals surface area contributed by atoms with Crippen LogP contribution in [0.4, 0.5) is 0 Å². The number of nitrogens with zero attached hydrogens (tertiary/aromatic N) is 1. The molecule has 6 heteroatoms. The molecule has 3 rings (SSSR count). The standard InChI is InChI=1S/C18H18N2O3S/c1-2-23-16-10-11-17(15-9-6-12-19-18(15)16)24(21,22)20-13-14-7-4-3-5-8-14/h3-12,20H,2,13H2,1H3. The molecule has 1 aromatic heterocycles. The Morgan fingerprint density at radius 3 is 2.58 bits per heavy atom. The average Bonchev–Trinajstić information content (AvgIpc) is 2.61. The summed E-state index contributed by atoms with van der Waals surface area (Å²) in [5.74, 6) is 0.579. The van der Waals surface area contributed by atoms with E-state index in [1.807, 2.05) is 37.3 Å². The summed E-state index contributed by atoms with van der Waals surface area (Å²) in [6.07, 6.45) is 1.62. The number of fused-ring (bicyclic) bond motifs is 1. The van der Waals surface area contributed by atoms with E-state index in [0.29, 0.717) is 23.3 Å². The Kier molecular flexibility index (Phi) is 4.78. The van der Waals surface area contributed by atoms with Crippen molar-refractivity contribution in [2.75, 3.05) is 6.61 Å². The zero-order valence-electron chi connectivity index (χ0n) is 13.3. The van der Waals surface area contributed by atoms with Gasteiger partial charge in [-0.1, -0.05) is 30.3 Å². The van der Waals surface area contributed by atoms with Gasteiger partial charge in [-0.15, -0.1) is 0 Å². The maximum absolute atomic E-state index is 12.7. The first kappa shape index (κ1) is 16.4. The van der Waals surface area contributed by atoms with Gasteiger partial charge in [0, 0.05) is 18.1 Å². The number of pyridine rings is 1. The Balaban J connectivity index is 1.97. The van der Waals surface area contributed by atoms with E-state index in [0.717, 1.165) is 5.56 Å². The van der Waals surface area contributed by atoms with Crippen LogP contribution in [0.25, 0.3) is 10.9 Å². The summed E-state index contributed by atoms with van der Waals surface area (Å²) in [5, 5.41) is 0.545. The maximum atomic E-state index is 12.7. The fourth-order valence-electron chi connectivity index (χ4n) is 2.48. The predicted octanol–water partition coefficient (Wildman–Crippen LogP) is 3.11. The van der Waals surface area contributed by atoms with Crippen LogP contribution < -0.4 is 9.46 Å². The Labute approximate surface area is 141 Å². The molecule has 124 valence electrons. The number of hydrogen-bond donors (Lipinski definition) is 1. The summed E-state index contributed by atoms with van der Waals surface area (Å²) >= 11 is 0. The highest BCUT2D eigenvalue weighted by atomic mass is 32.2. The summed E-state index contributed by atoms with van der Waals surface area (Å²) < 4.78 is 33.6. The Morgan fingerprint density at radius 2 is 1.83 bits per heavy atom. The molecule has 3 aromatic rings. The number of benzene rings is 2. The quantitative estimate of drug-likeness (QED) is 0.747. The topological polar surface area (TPSA) is 68.3 Å². The van der Waals surface area contributed by atoms with Gasteiger partial charge in [-0.05, 0) is 36.8 Å². The van der Waals surface area contributed by atoms with Crippen molar-refractivity contribution in [3.05, 3.63) is 66.4 Å². The van der Waals surface area contributed by atoms with E-state index in [1.165, 1.54) is 0 Å². The van der Waals surface area contributed by atoms with E-state index in [9.17, 15) is 8.42 Å². The van der Waals surface area contributed by atoms with Gasteiger partial charge in [0.2, 0.25) is 10.0 Å². The third-order valence-corrected chi connectivity index (χ3v) is 5.05. The smallest absolute Gasteiger partial charge is 0.241 e. The highest BCUT2D eigenvalue weighted by molar-refractivity contribution is 7.89. The second kappa shape index (κ2) is 6.98. The fourth-order valence-corrected chi connectivity index (χ4v) is 3.69. The van der Waals surface area contributed by atoms with Crippen molar-refractivity contribution in [2.24, 2.45) is 0 Å². The predicted molar refractivity (Wildman–Crippen MR) is 93.4 cm³/mol. The molecular weight excluding hydrogens is 324 g/mol. The minimum Gasteiger partial charge on any atom is -0.492 e. The van der Waals surface area contributed by atoms with Crippen LogP contribution in [0.2, 0.25) is 0 Å². The zero-order valence-corrected chi connectivity index (χ0v) is 14.1. The molecule has 0 unspecified atom stereocenters. The molecule has 0 atom stereocenters. The third kappa shape index (κ3) is 3.39. The van der Waals surface area contributed by atoms with E-state index >= 15 is 0 Å². The lowest BCUT2D eigenvalue weighted by atomic mass is 10.2. The molecule has 2 aromatic carbocycles. The zero-order chi connectivity index (χ0) is 17.0. The first-order valence-electron chi connectivity index (χ1n) is 7.66. The van der Waals surface area contributed by atoms with Crippen molar-refractivity contribution in [3.63, 3.8) is 0 Å². The lowest BCUT2D eigenvalue weighted by Crippen LogP contribution is -2.23. The summed E-state index contributed by atoms with van der Waals surface area (Å²) in [7, 11) is -3.66. The van der Waals surface area contributed by atoms with E-state index in [1.54, 1.807) is 30.5 Å². The maximum Gasteiger partial charge on any atom is 0.241 e. The van der Waals surface area contributed by atoms with Crippen molar-refractivity contribution >= 4 is 20.9 Å². The Hall–Kier alpha value is -2.44. The van der Waals surface area contributed by atoms with Crippen LogP contribution in [0.3, 0.4) is 0 Å². The number of aromatic nitrogens is 1. The van der Waals surface area contributed by atoms with Crippen molar-refractivity contribution in [3.8, 4) is 5.75 Å². The second-order valence-electron chi connectivity index (χ2n) is 5.20. The van der Waals surface area contributed by atoms with E-state index in [2.05, 4.69) is 9.71 Å². The molecule has 0 saturated carbocycles. The highest BCUT2D eigenvalue weighted by Crippen LogP contribution is 2.29. The molecule has 5 nitrogen and oxygen atoms in total. The van der Waals surface area contributed by atoms with Crippen LogP contribution in [-0.2, 0) is 16.6 Å². The van der Waals surface area contributed by atoms with Crippen molar-refractivity contribution < 1.29 is 13.2 Å². The highest BCUT2D eigenvalue weighted by Gasteiger charge is 2.19. The van der Waals surface area contributed by atoms with Gasteiger partial charge in [0.25, 0.3) is 0 Å². The van der Waals surface area contributed by atoms with Gasteiger partial charge in [0.1, 0.15) is 11.3 Å². The summed E-state index contributed by atoms with van der Waals surface area (Å²) in [6, 6.07) is 16.1. The van der Waals surface area contributed by atoms with Gasteiger partial charge >= 0.3 is 0 Å². The summed E-state index contributed by atoms with van der Waals surface area (Å²) in [6.45, 7) is 2.60. The SMILES string of the molecule is CCOc1ccc(S(=O)(=O)NCc2ccccc2)c2cccnc12. The van der Waals surface area contributed by atoms with Gasteiger partial charge in [-0.25, -0.2) is 13.1 Å². The molecule has 0 bridgehead atoms. The molecule has 0 spiro atoms. The second-order valence-corrected chi connectivity index (χ2v) is 6.94. The largest absolute Gasteiger partial charge is 0.492 e. The number of rotatable bonds is 6. The van der Waals surface area contributed by atoms with E-state index < -0.39 is 10.0 Å². The number of ether oxygens (including phenoxy) is 1. The minimum atomic E-state index is -3.66. The first-order chi connectivity index (χ1) is 11.6. The van der Waals surface area contributed by atoms with Gasteiger partial charge in [-0.2, -0.15) is 0 Å². The molecule has 1 N–H and O–H groups in total. The van der Waals surface area contributed by atoms with Crippen LogP contribution >= 0.6 is 0 Å². The van der Waals surface area contributed by atoms with E-state index in [-0.39, 0.29) is 11.4 Å². The van der Waals surface area contributed by atoms with Crippen LogP contribution in [-0.4, -0.2) is 20.0 Å². The molecule has 0 radical (unpaired) electrons. The van der Waals surface area contributed by atoms with Gasteiger partial charge < -0.3 is 4.74 Å². The monoisotopic (exact) mass is 342 g/mol. The van der Waals surface area contributed by atoms with Crippen LogP contribution in [0.15, 0.2) is 65.7 Å². The summed E-state index contributed by atoms with van der Waals surface area (Å²) in [4.78, 5) is 4.47.